The molecule has 2 aliphatic rings. The first-order chi connectivity index (χ1) is 7.70. The lowest BCUT2D eigenvalue weighted by Crippen LogP contribution is -2.55. The number of nitrogens with one attached hydrogen (secondary N) is 1. The first-order valence-electron chi connectivity index (χ1n) is 5.61. The third-order valence-corrected chi connectivity index (χ3v) is 4.07. The van der Waals surface area contributed by atoms with E-state index in [0.717, 1.165) is 24.5 Å². The minimum atomic E-state index is -0.395. The quantitative estimate of drug-likeness (QED) is 0.686. The number of carbonyl (C=O) groups excluding carboxylic acids is 2. The third kappa shape index (κ3) is 2.32. The van der Waals surface area contributed by atoms with Crippen LogP contribution in [0.25, 0.3) is 0 Å². The van der Waals surface area contributed by atoms with Gasteiger partial charge in [-0.1, -0.05) is 0 Å². The van der Waals surface area contributed by atoms with Gasteiger partial charge in [0.15, 0.2) is 0 Å². The van der Waals surface area contributed by atoms with E-state index >= 15 is 0 Å². The molecule has 0 bridgehead atoms. The van der Waals surface area contributed by atoms with Gasteiger partial charge < -0.3 is 10.6 Å². The number of piperidine rings is 1. The van der Waals surface area contributed by atoms with Crippen LogP contribution in [0.3, 0.4) is 0 Å². The highest BCUT2D eigenvalue weighted by atomic mass is 32.2. The number of likely N-dealkylation sites (tertiary alicyclic amines) is 1. The number of carbonyl (C=O) groups is 2. The van der Waals surface area contributed by atoms with Crippen molar-refractivity contribution in [2.45, 2.75) is 31.3 Å². The second kappa shape index (κ2) is 5.05. The number of thioether (sulfide) groups is 1. The zero-order chi connectivity index (χ0) is 11.5. The summed E-state index contributed by atoms with van der Waals surface area (Å²) in [7, 11) is 0. The van der Waals surface area contributed by atoms with Gasteiger partial charge in [-0.05, 0) is 19.3 Å². The first kappa shape index (κ1) is 11.7. The molecule has 0 aromatic rings. The number of rotatable bonds is 2. The molecule has 0 spiro atoms. The van der Waals surface area contributed by atoms with Gasteiger partial charge in [-0.15, -0.1) is 11.8 Å². The summed E-state index contributed by atoms with van der Waals surface area (Å²) in [5, 5.41) is 3.13. The van der Waals surface area contributed by atoms with Gasteiger partial charge in [-0.25, -0.2) is 0 Å². The number of hydrogen-bond donors (Lipinski definition) is 2. The van der Waals surface area contributed by atoms with E-state index in [0.29, 0.717) is 13.0 Å². The van der Waals surface area contributed by atoms with Crippen molar-refractivity contribution in [1.29, 1.82) is 0 Å². The van der Waals surface area contributed by atoms with E-state index in [1.165, 1.54) is 0 Å². The molecule has 0 radical (unpaired) electrons. The number of hydrogen-bond acceptors (Lipinski definition) is 4. The van der Waals surface area contributed by atoms with Crippen LogP contribution in [0, 0.1) is 0 Å². The van der Waals surface area contributed by atoms with Crippen molar-refractivity contribution < 1.29 is 9.59 Å². The second-order valence-electron chi connectivity index (χ2n) is 4.22. The average molecular weight is 243 g/mol. The summed E-state index contributed by atoms with van der Waals surface area (Å²) in [5.41, 5.74) is 5.34. The van der Waals surface area contributed by atoms with Crippen molar-refractivity contribution >= 4 is 23.6 Å². The van der Waals surface area contributed by atoms with E-state index in [9.17, 15) is 9.59 Å². The molecule has 2 saturated heterocycles. The Morgan fingerprint density at radius 2 is 2.19 bits per heavy atom. The highest BCUT2D eigenvalue weighted by Gasteiger charge is 2.35. The topological polar surface area (TPSA) is 75.4 Å². The molecular weight excluding hydrogens is 226 g/mol. The molecule has 2 unspecified atom stereocenters. The Morgan fingerprint density at radius 3 is 2.81 bits per heavy atom. The van der Waals surface area contributed by atoms with Gasteiger partial charge in [-0.3, -0.25) is 14.9 Å². The van der Waals surface area contributed by atoms with Crippen molar-refractivity contribution in [3.63, 3.8) is 0 Å². The summed E-state index contributed by atoms with van der Waals surface area (Å²) >= 11 is 1.71. The van der Waals surface area contributed by atoms with E-state index < -0.39 is 6.04 Å². The fourth-order valence-electron chi connectivity index (χ4n) is 2.25. The van der Waals surface area contributed by atoms with Gasteiger partial charge in [0.05, 0.1) is 6.04 Å². The molecule has 2 aliphatic heterocycles. The minimum Gasteiger partial charge on any atom is -0.368 e. The summed E-state index contributed by atoms with van der Waals surface area (Å²) < 4.78 is 0. The molecule has 2 fully saturated rings. The zero-order valence-corrected chi connectivity index (χ0v) is 9.96. The molecule has 0 aromatic carbocycles. The maximum Gasteiger partial charge on any atom is 0.241 e. The van der Waals surface area contributed by atoms with Crippen LogP contribution in [0.4, 0.5) is 0 Å². The van der Waals surface area contributed by atoms with Crippen molar-refractivity contribution in [3.05, 3.63) is 0 Å². The Bertz CT molecular complexity index is 292. The molecule has 2 rings (SSSR count). The lowest BCUT2D eigenvalue weighted by atomic mass is 10.0. The molecule has 2 heterocycles. The molecule has 0 aromatic heterocycles. The van der Waals surface area contributed by atoms with Crippen LogP contribution in [0.5, 0.6) is 0 Å². The molecule has 90 valence electrons. The van der Waals surface area contributed by atoms with Crippen LogP contribution in [-0.4, -0.2) is 47.0 Å². The van der Waals surface area contributed by atoms with E-state index in [1.807, 2.05) is 0 Å². The fourth-order valence-corrected chi connectivity index (χ4v) is 3.18. The summed E-state index contributed by atoms with van der Waals surface area (Å²) in [6.45, 7) is 0.662. The minimum absolute atomic E-state index is 0.0356. The van der Waals surface area contributed by atoms with Gasteiger partial charge in [0.2, 0.25) is 11.8 Å². The predicted octanol–water partition coefficient (Wildman–Crippen LogP) is -0.485. The van der Waals surface area contributed by atoms with Crippen LogP contribution in [-0.2, 0) is 9.59 Å². The largest absolute Gasteiger partial charge is 0.368 e. The van der Waals surface area contributed by atoms with Gasteiger partial charge in [0.25, 0.3) is 0 Å². The van der Waals surface area contributed by atoms with Crippen LogP contribution < -0.4 is 11.1 Å². The summed E-state index contributed by atoms with van der Waals surface area (Å²) in [6.07, 6.45) is 2.65. The zero-order valence-electron chi connectivity index (χ0n) is 9.15. The summed E-state index contributed by atoms with van der Waals surface area (Å²) in [4.78, 5) is 25.1. The van der Waals surface area contributed by atoms with Crippen molar-refractivity contribution in [3.8, 4) is 0 Å². The molecule has 5 nitrogen and oxygen atoms in total. The van der Waals surface area contributed by atoms with Crippen LogP contribution in [0.1, 0.15) is 19.3 Å². The van der Waals surface area contributed by atoms with Crippen LogP contribution >= 0.6 is 11.8 Å². The fraction of sp³-hybridized carbons (Fsp3) is 0.800. The van der Waals surface area contributed by atoms with E-state index in [-0.39, 0.29) is 17.9 Å². The van der Waals surface area contributed by atoms with E-state index in [4.69, 9.17) is 5.73 Å². The Hall–Kier alpha value is -0.750. The molecule has 0 saturated carbocycles. The second-order valence-corrected chi connectivity index (χ2v) is 5.25. The Morgan fingerprint density at radius 1 is 1.38 bits per heavy atom. The molecule has 6 heteroatoms. The lowest BCUT2D eigenvalue weighted by molar-refractivity contribution is -0.142. The molecular formula is C10H17N3O2S. The Balaban J connectivity index is 2.04. The molecule has 2 atom stereocenters. The molecule has 16 heavy (non-hydrogen) atoms. The average Bonchev–Trinajstić information content (AvgIpc) is 2.81. The number of nitrogens with zero attached hydrogens (tertiary/aromatic N) is 1. The van der Waals surface area contributed by atoms with E-state index in [1.54, 1.807) is 16.7 Å². The van der Waals surface area contributed by atoms with Crippen LogP contribution in [0.2, 0.25) is 0 Å². The lowest BCUT2D eigenvalue weighted by Gasteiger charge is -2.35. The predicted molar refractivity (Wildman–Crippen MR) is 62.8 cm³/mol. The standard InChI is InChI=1S/C10H17N3O2S/c11-9(14)8-3-1-2-4-13(8)10(15)7-5-16-6-12-7/h7-8,12H,1-6H2,(H2,11,14). The van der Waals surface area contributed by atoms with E-state index in [2.05, 4.69) is 5.32 Å². The third-order valence-electron chi connectivity index (χ3n) is 3.13. The number of primary amides is 1. The maximum absolute atomic E-state index is 12.2. The highest BCUT2D eigenvalue weighted by molar-refractivity contribution is 7.99. The Labute approximate surface area is 99.1 Å². The van der Waals surface area contributed by atoms with Gasteiger partial charge in [0, 0.05) is 18.2 Å². The number of nitrogens with two attached hydrogens (primary N) is 1. The SMILES string of the molecule is NC(=O)C1CCCCN1C(=O)C1CSCN1. The molecule has 3 N–H and O–H groups in total. The number of amides is 2. The van der Waals surface area contributed by atoms with Gasteiger partial charge >= 0.3 is 0 Å². The normalized spacial score (nSPS) is 30.4. The molecule has 0 aliphatic carbocycles. The summed E-state index contributed by atoms with van der Waals surface area (Å²) in [6, 6.07) is -0.529. The van der Waals surface area contributed by atoms with Crippen molar-refractivity contribution in [2.24, 2.45) is 5.73 Å². The van der Waals surface area contributed by atoms with Crippen LogP contribution in [0.15, 0.2) is 0 Å². The monoisotopic (exact) mass is 243 g/mol. The Kier molecular flexibility index (Phi) is 3.70. The highest BCUT2D eigenvalue weighted by Crippen LogP contribution is 2.20. The maximum atomic E-state index is 12.2. The van der Waals surface area contributed by atoms with Gasteiger partial charge in [-0.2, -0.15) is 0 Å². The first-order valence-corrected chi connectivity index (χ1v) is 6.76. The smallest absolute Gasteiger partial charge is 0.241 e. The van der Waals surface area contributed by atoms with Crippen molar-refractivity contribution in [1.82, 2.24) is 10.2 Å². The molecule has 2 amide bonds. The van der Waals surface area contributed by atoms with Gasteiger partial charge in [0.1, 0.15) is 6.04 Å². The van der Waals surface area contributed by atoms with Crippen molar-refractivity contribution in [2.75, 3.05) is 18.2 Å². The summed E-state index contributed by atoms with van der Waals surface area (Å²) in [5.74, 6) is 1.26.